The van der Waals surface area contributed by atoms with Gasteiger partial charge in [0.15, 0.2) is 0 Å². The zero-order chi connectivity index (χ0) is 21.7. The molecule has 31 heavy (non-hydrogen) atoms. The summed E-state index contributed by atoms with van der Waals surface area (Å²) in [6, 6.07) is 20.4. The fraction of sp³-hybridized carbons (Fsp3) is 0.167. The molecule has 0 aliphatic rings. The number of nitrogens with one attached hydrogen (secondary N) is 4. The molecule has 1 atom stereocenters. The standard InChI is InChI=1S/C24H27N5OS/c1-31(2,30)28-17-22-15-21(12-14-26-22)29-20-9-7-19(8-10-20)25-13-11-18-16-27-24-6-4-3-5-23(18)24/h3-10,12,14-16,25,27H,1,11,13,17H2,2H3,(H,26,29)(H,28,30). The molecule has 1 unspecified atom stereocenters. The molecule has 0 spiro atoms. The number of aromatic amines is 1. The van der Waals surface area contributed by atoms with Gasteiger partial charge in [0, 0.05) is 62.9 Å². The zero-order valence-corrected chi connectivity index (χ0v) is 18.3. The van der Waals surface area contributed by atoms with E-state index < -0.39 is 9.71 Å². The number of rotatable bonds is 9. The van der Waals surface area contributed by atoms with Gasteiger partial charge in [0.05, 0.1) is 12.2 Å². The number of pyridine rings is 1. The van der Waals surface area contributed by atoms with E-state index in [2.05, 4.69) is 67.7 Å². The Labute approximate surface area is 183 Å². The molecule has 0 bridgehead atoms. The first kappa shape index (κ1) is 21.0. The SMILES string of the molecule is C=S(C)(=O)NCc1cc(Nc2ccc(NCCc3c[nH]c4ccccc34)cc2)ccn1. The first-order valence-corrected chi connectivity index (χ1v) is 12.3. The molecule has 2 aromatic carbocycles. The summed E-state index contributed by atoms with van der Waals surface area (Å²) in [5.41, 5.74) is 6.30. The second-order valence-electron chi connectivity index (χ2n) is 7.60. The van der Waals surface area contributed by atoms with Crippen LogP contribution < -0.4 is 15.4 Å². The normalized spacial score (nSPS) is 13.1. The lowest BCUT2D eigenvalue weighted by Crippen LogP contribution is -2.21. The van der Waals surface area contributed by atoms with Crippen LogP contribution in [0.1, 0.15) is 11.3 Å². The van der Waals surface area contributed by atoms with Crippen molar-refractivity contribution in [1.82, 2.24) is 14.7 Å². The third-order valence-electron chi connectivity index (χ3n) is 4.95. The molecule has 2 heterocycles. The Kier molecular flexibility index (Phi) is 6.25. The van der Waals surface area contributed by atoms with Crippen LogP contribution in [-0.2, 0) is 22.7 Å². The molecular weight excluding hydrogens is 406 g/mol. The second kappa shape index (κ2) is 9.24. The van der Waals surface area contributed by atoms with Crippen molar-refractivity contribution in [3.05, 3.63) is 84.3 Å². The van der Waals surface area contributed by atoms with Crippen molar-refractivity contribution in [3.8, 4) is 0 Å². The summed E-state index contributed by atoms with van der Waals surface area (Å²) < 4.78 is 14.6. The van der Waals surface area contributed by atoms with Gasteiger partial charge < -0.3 is 15.6 Å². The molecule has 0 fully saturated rings. The summed E-state index contributed by atoms with van der Waals surface area (Å²) in [4.78, 5) is 7.63. The lowest BCUT2D eigenvalue weighted by molar-refractivity contribution is 0.673. The van der Waals surface area contributed by atoms with E-state index in [9.17, 15) is 4.21 Å². The van der Waals surface area contributed by atoms with Crippen LogP contribution in [0.3, 0.4) is 0 Å². The number of para-hydroxylation sites is 1. The van der Waals surface area contributed by atoms with Gasteiger partial charge in [0.25, 0.3) is 0 Å². The average Bonchev–Trinajstić information content (AvgIpc) is 3.17. The van der Waals surface area contributed by atoms with Gasteiger partial charge in [-0.15, -0.1) is 0 Å². The third kappa shape index (κ3) is 5.87. The molecule has 0 amide bonds. The van der Waals surface area contributed by atoms with E-state index in [1.807, 2.05) is 30.3 Å². The molecule has 6 nitrogen and oxygen atoms in total. The minimum atomic E-state index is -2.25. The van der Waals surface area contributed by atoms with Crippen LogP contribution in [-0.4, -0.2) is 32.8 Å². The highest BCUT2D eigenvalue weighted by Gasteiger charge is 2.03. The van der Waals surface area contributed by atoms with Crippen molar-refractivity contribution in [1.29, 1.82) is 0 Å². The van der Waals surface area contributed by atoms with Crippen LogP contribution in [0, 0.1) is 0 Å². The molecule has 160 valence electrons. The lowest BCUT2D eigenvalue weighted by Gasteiger charge is -2.11. The number of aromatic nitrogens is 2. The van der Waals surface area contributed by atoms with Crippen LogP contribution in [0.2, 0.25) is 0 Å². The van der Waals surface area contributed by atoms with Crippen LogP contribution in [0.5, 0.6) is 0 Å². The smallest absolute Gasteiger partial charge is 0.0572 e. The quantitative estimate of drug-likeness (QED) is 0.297. The van der Waals surface area contributed by atoms with Crippen molar-refractivity contribution in [2.45, 2.75) is 13.0 Å². The number of benzene rings is 2. The van der Waals surface area contributed by atoms with Gasteiger partial charge in [0.1, 0.15) is 0 Å². The first-order chi connectivity index (χ1) is 15.0. The summed E-state index contributed by atoms with van der Waals surface area (Å²) >= 11 is 0. The summed E-state index contributed by atoms with van der Waals surface area (Å²) in [5, 5.41) is 8.15. The maximum Gasteiger partial charge on any atom is 0.0572 e. The number of H-pyrrole nitrogens is 1. The van der Waals surface area contributed by atoms with Crippen LogP contribution in [0.25, 0.3) is 10.9 Å². The Balaban J connectivity index is 1.31. The molecule has 4 N–H and O–H groups in total. The Hall–Kier alpha value is -3.29. The molecule has 0 saturated carbocycles. The molecule has 0 aliphatic carbocycles. The molecule has 4 aromatic rings. The first-order valence-electron chi connectivity index (χ1n) is 10.1. The van der Waals surface area contributed by atoms with Gasteiger partial charge in [0.2, 0.25) is 0 Å². The monoisotopic (exact) mass is 433 g/mol. The van der Waals surface area contributed by atoms with Gasteiger partial charge in [-0.2, -0.15) is 0 Å². The van der Waals surface area contributed by atoms with E-state index >= 15 is 0 Å². The van der Waals surface area contributed by atoms with Crippen molar-refractivity contribution in [3.63, 3.8) is 0 Å². The highest BCUT2D eigenvalue weighted by Crippen LogP contribution is 2.21. The molecule has 0 saturated heterocycles. The molecule has 7 heteroatoms. The minimum absolute atomic E-state index is 0.410. The number of hydrogen-bond acceptors (Lipinski definition) is 4. The van der Waals surface area contributed by atoms with E-state index in [4.69, 9.17) is 0 Å². The summed E-state index contributed by atoms with van der Waals surface area (Å²) in [6.45, 7) is 1.27. The van der Waals surface area contributed by atoms with Crippen molar-refractivity contribution in [2.24, 2.45) is 0 Å². The number of hydrogen-bond donors (Lipinski definition) is 4. The Morgan fingerprint density at radius 1 is 1.03 bits per heavy atom. The largest absolute Gasteiger partial charge is 0.385 e. The zero-order valence-electron chi connectivity index (χ0n) is 17.5. The highest BCUT2D eigenvalue weighted by atomic mass is 32.2. The fourth-order valence-corrected chi connectivity index (χ4v) is 3.85. The van der Waals surface area contributed by atoms with Crippen molar-refractivity contribution >= 4 is 43.5 Å². The maximum absolute atomic E-state index is 11.7. The third-order valence-corrected chi connectivity index (χ3v) is 5.70. The topological polar surface area (TPSA) is 81.8 Å². The Bertz CT molecular complexity index is 1260. The highest BCUT2D eigenvalue weighted by molar-refractivity contribution is 7.97. The van der Waals surface area contributed by atoms with Gasteiger partial charge in [-0.25, -0.2) is 4.72 Å². The minimum Gasteiger partial charge on any atom is -0.385 e. The van der Waals surface area contributed by atoms with Crippen LogP contribution in [0.4, 0.5) is 17.1 Å². The molecule has 4 rings (SSSR count). The Morgan fingerprint density at radius 2 is 1.81 bits per heavy atom. The lowest BCUT2D eigenvalue weighted by atomic mass is 10.1. The van der Waals surface area contributed by atoms with E-state index in [1.54, 1.807) is 12.5 Å². The predicted octanol–water partition coefficient (Wildman–Crippen LogP) is 4.31. The van der Waals surface area contributed by atoms with E-state index in [1.165, 1.54) is 16.5 Å². The number of nitrogens with zero attached hydrogens (tertiary/aromatic N) is 1. The second-order valence-corrected chi connectivity index (χ2v) is 9.90. The molecule has 2 aromatic heterocycles. The fourth-order valence-electron chi connectivity index (χ4n) is 3.40. The van der Waals surface area contributed by atoms with Gasteiger partial charge in [-0.3, -0.25) is 9.19 Å². The number of fused-ring (bicyclic) bond motifs is 1. The van der Waals surface area contributed by atoms with Gasteiger partial charge in [-0.1, -0.05) is 18.2 Å². The van der Waals surface area contributed by atoms with Crippen molar-refractivity contribution < 1.29 is 4.21 Å². The average molecular weight is 434 g/mol. The van der Waals surface area contributed by atoms with Crippen molar-refractivity contribution in [2.75, 3.05) is 23.4 Å². The summed E-state index contributed by atoms with van der Waals surface area (Å²) in [5.74, 6) is 3.60. The van der Waals surface area contributed by atoms with Crippen LogP contribution in [0.15, 0.2) is 73.1 Å². The number of anilines is 3. The molecular formula is C24H27N5OS. The van der Waals surface area contributed by atoms with E-state index in [0.717, 1.165) is 35.7 Å². The predicted molar refractivity (Wildman–Crippen MR) is 132 cm³/mol. The molecule has 0 radical (unpaired) electrons. The maximum atomic E-state index is 11.7. The van der Waals surface area contributed by atoms with Gasteiger partial charge in [-0.05, 0) is 60.3 Å². The van der Waals surface area contributed by atoms with Gasteiger partial charge >= 0.3 is 0 Å². The summed E-state index contributed by atoms with van der Waals surface area (Å²) in [6.07, 6.45) is 6.36. The van der Waals surface area contributed by atoms with Crippen LogP contribution >= 0.6 is 0 Å². The van der Waals surface area contributed by atoms with E-state index in [0.29, 0.717) is 6.54 Å². The van der Waals surface area contributed by atoms with E-state index in [-0.39, 0.29) is 0 Å². The molecule has 0 aliphatic heterocycles. The Morgan fingerprint density at radius 3 is 2.61 bits per heavy atom. The summed E-state index contributed by atoms with van der Waals surface area (Å²) in [7, 11) is -2.25.